The Kier molecular flexibility index (Phi) is 4.02. The average molecular weight is 261 g/mol. The van der Waals surface area contributed by atoms with Crippen LogP contribution in [0.5, 0.6) is 5.75 Å². The Balaban J connectivity index is 2.25. The number of benzene rings is 2. The minimum absolute atomic E-state index is 0.168. The van der Waals surface area contributed by atoms with Crippen molar-refractivity contribution >= 4 is 5.69 Å². The molecule has 0 aromatic heterocycles. The summed E-state index contributed by atoms with van der Waals surface area (Å²) in [4.78, 5) is 0. The number of rotatable bonds is 4. The van der Waals surface area contributed by atoms with Gasteiger partial charge in [-0.15, -0.1) is 0 Å². The Hall–Kier alpha value is -2.07. The van der Waals surface area contributed by atoms with Crippen LogP contribution in [0.4, 0.5) is 10.1 Å². The van der Waals surface area contributed by atoms with E-state index in [-0.39, 0.29) is 6.61 Å². The van der Waals surface area contributed by atoms with Gasteiger partial charge < -0.3 is 15.5 Å². The summed E-state index contributed by atoms with van der Waals surface area (Å²) in [6.45, 7) is 1.78. The molecule has 3 nitrogen and oxygen atoms in total. The number of para-hydroxylation sites is 1. The van der Waals surface area contributed by atoms with Crippen molar-refractivity contribution in [3.63, 3.8) is 0 Å². The van der Waals surface area contributed by atoms with Gasteiger partial charge in [0.1, 0.15) is 0 Å². The topological polar surface area (TPSA) is 52.5 Å². The maximum absolute atomic E-state index is 13.3. The van der Waals surface area contributed by atoms with Crippen molar-refractivity contribution in [2.24, 2.45) is 0 Å². The van der Waals surface area contributed by atoms with Crippen molar-refractivity contribution in [1.29, 1.82) is 0 Å². The summed E-state index contributed by atoms with van der Waals surface area (Å²) in [5.41, 5.74) is 2.51. The molecule has 0 aliphatic rings. The van der Waals surface area contributed by atoms with Gasteiger partial charge in [0.2, 0.25) is 0 Å². The number of aliphatic hydroxyl groups excluding tert-OH is 1. The molecule has 0 spiro atoms. The maximum Gasteiger partial charge on any atom is 0.165 e. The molecular weight excluding hydrogens is 245 g/mol. The third-order valence-corrected chi connectivity index (χ3v) is 3.03. The van der Waals surface area contributed by atoms with Crippen LogP contribution in [0.1, 0.15) is 17.2 Å². The summed E-state index contributed by atoms with van der Waals surface area (Å²) >= 11 is 0. The van der Waals surface area contributed by atoms with Crippen molar-refractivity contribution < 1.29 is 14.6 Å². The summed E-state index contributed by atoms with van der Waals surface area (Å²) in [6.07, 6.45) is 0. The summed E-state index contributed by atoms with van der Waals surface area (Å²) < 4.78 is 13.3. The van der Waals surface area contributed by atoms with Gasteiger partial charge in [0.15, 0.2) is 11.6 Å². The zero-order valence-electron chi connectivity index (χ0n) is 10.6. The van der Waals surface area contributed by atoms with Gasteiger partial charge in [-0.25, -0.2) is 4.39 Å². The van der Waals surface area contributed by atoms with Crippen molar-refractivity contribution in [1.82, 2.24) is 0 Å². The molecule has 3 N–H and O–H groups in total. The zero-order valence-corrected chi connectivity index (χ0v) is 10.6. The molecule has 0 amide bonds. The molecule has 2 aromatic rings. The smallest absolute Gasteiger partial charge is 0.165 e. The average Bonchev–Trinajstić information content (AvgIpc) is 2.41. The van der Waals surface area contributed by atoms with E-state index in [1.165, 1.54) is 12.1 Å². The van der Waals surface area contributed by atoms with Gasteiger partial charge in [0.25, 0.3) is 0 Å². The number of hydrogen-bond acceptors (Lipinski definition) is 3. The standard InChI is InChI=1S/C15H16FNO2/c1-10-4-2-3-5-13(10)17-14(9-18)11-6-7-15(19)12(16)8-11/h2-8,14,17-19H,9H2,1H3. The molecule has 0 aliphatic heterocycles. The van der Waals surface area contributed by atoms with Crippen LogP contribution in [0.25, 0.3) is 0 Å². The Morgan fingerprint density at radius 3 is 2.58 bits per heavy atom. The van der Waals surface area contributed by atoms with Crippen LogP contribution in [0.3, 0.4) is 0 Å². The molecule has 0 bridgehead atoms. The first-order chi connectivity index (χ1) is 9.11. The fourth-order valence-corrected chi connectivity index (χ4v) is 1.90. The van der Waals surface area contributed by atoms with Crippen molar-refractivity contribution in [3.05, 3.63) is 59.4 Å². The lowest BCUT2D eigenvalue weighted by Crippen LogP contribution is -2.15. The third-order valence-electron chi connectivity index (χ3n) is 3.03. The molecule has 0 aliphatic carbocycles. The third kappa shape index (κ3) is 3.03. The highest BCUT2D eigenvalue weighted by Crippen LogP contribution is 2.25. The number of aromatic hydroxyl groups is 1. The van der Waals surface area contributed by atoms with Gasteiger partial charge in [-0.3, -0.25) is 0 Å². The molecule has 0 fully saturated rings. The highest BCUT2D eigenvalue weighted by molar-refractivity contribution is 5.52. The second kappa shape index (κ2) is 5.71. The summed E-state index contributed by atoms with van der Waals surface area (Å²) in [6, 6.07) is 11.3. The van der Waals surface area contributed by atoms with Crippen LogP contribution in [-0.2, 0) is 0 Å². The highest BCUT2D eigenvalue weighted by atomic mass is 19.1. The van der Waals surface area contributed by atoms with Crippen molar-refractivity contribution in [3.8, 4) is 5.75 Å². The Morgan fingerprint density at radius 1 is 1.21 bits per heavy atom. The first-order valence-electron chi connectivity index (χ1n) is 6.03. The lowest BCUT2D eigenvalue weighted by atomic mass is 10.1. The Morgan fingerprint density at radius 2 is 1.95 bits per heavy atom. The predicted octanol–water partition coefficient (Wildman–Crippen LogP) is 2.99. The van der Waals surface area contributed by atoms with E-state index in [0.29, 0.717) is 5.56 Å². The number of phenols is 1. The van der Waals surface area contributed by atoms with Crippen molar-refractivity contribution in [2.75, 3.05) is 11.9 Å². The van der Waals surface area contributed by atoms with Gasteiger partial charge in [-0.1, -0.05) is 24.3 Å². The van der Waals surface area contributed by atoms with Gasteiger partial charge in [-0.05, 0) is 36.2 Å². The minimum atomic E-state index is -0.692. The SMILES string of the molecule is Cc1ccccc1NC(CO)c1ccc(O)c(F)c1. The number of phenolic OH excluding ortho intramolecular Hbond substituents is 1. The predicted molar refractivity (Wildman–Crippen MR) is 72.7 cm³/mol. The molecule has 100 valence electrons. The molecule has 0 heterocycles. The van der Waals surface area contributed by atoms with E-state index in [9.17, 15) is 14.6 Å². The second-order valence-corrected chi connectivity index (χ2v) is 4.41. The number of nitrogens with one attached hydrogen (secondary N) is 1. The Labute approximate surface area is 111 Å². The summed E-state index contributed by atoms with van der Waals surface area (Å²) in [5, 5.41) is 21.8. The van der Waals surface area contributed by atoms with E-state index in [0.717, 1.165) is 11.3 Å². The van der Waals surface area contributed by atoms with Gasteiger partial charge in [0.05, 0.1) is 12.6 Å². The number of aryl methyl sites for hydroxylation is 1. The molecule has 19 heavy (non-hydrogen) atoms. The van der Waals surface area contributed by atoms with E-state index >= 15 is 0 Å². The fraction of sp³-hybridized carbons (Fsp3) is 0.200. The second-order valence-electron chi connectivity index (χ2n) is 4.41. The lowest BCUT2D eigenvalue weighted by Gasteiger charge is -2.19. The first-order valence-corrected chi connectivity index (χ1v) is 6.03. The van der Waals surface area contributed by atoms with Crippen LogP contribution in [0.15, 0.2) is 42.5 Å². The lowest BCUT2D eigenvalue weighted by molar-refractivity contribution is 0.276. The summed E-state index contributed by atoms with van der Waals surface area (Å²) in [7, 11) is 0. The number of hydrogen-bond donors (Lipinski definition) is 3. The molecular formula is C15H16FNO2. The monoisotopic (exact) mass is 261 g/mol. The van der Waals surface area contributed by atoms with Gasteiger partial charge >= 0.3 is 0 Å². The molecule has 1 unspecified atom stereocenters. The fourth-order valence-electron chi connectivity index (χ4n) is 1.90. The number of halogens is 1. The zero-order chi connectivity index (χ0) is 13.8. The maximum atomic E-state index is 13.3. The summed E-state index contributed by atoms with van der Waals surface area (Å²) in [5.74, 6) is -1.08. The van der Waals surface area contributed by atoms with E-state index in [1.54, 1.807) is 6.07 Å². The molecule has 0 radical (unpaired) electrons. The molecule has 0 saturated carbocycles. The highest BCUT2D eigenvalue weighted by Gasteiger charge is 2.13. The van der Waals surface area contributed by atoms with Gasteiger partial charge in [0, 0.05) is 5.69 Å². The Bertz CT molecular complexity index is 572. The van der Waals surface area contributed by atoms with Gasteiger partial charge in [-0.2, -0.15) is 0 Å². The molecule has 2 rings (SSSR count). The van der Waals surface area contributed by atoms with E-state index in [4.69, 9.17) is 0 Å². The normalized spacial score (nSPS) is 12.2. The largest absolute Gasteiger partial charge is 0.505 e. The van der Waals surface area contributed by atoms with E-state index in [1.807, 2.05) is 31.2 Å². The number of aliphatic hydroxyl groups is 1. The minimum Gasteiger partial charge on any atom is -0.505 e. The number of anilines is 1. The van der Waals surface area contributed by atoms with Crippen molar-refractivity contribution in [2.45, 2.75) is 13.0 Å². The molecule has 0 saturated heterocycles. The van der Waals surface area contributed by atoms with Crippen LogP contribution < -0.4 is 5.32 Å². The van der Waals surface area contributed by atoms with E-state index < -0.39 is 17.6 Å². The first kappa shape index (κ1) is 13.4. The van der Waals surface area contributed by atoms with Crippen LogP contribution >= 0.6 is 0 Å². The van der Waals surface area contributed by atoms with E-state index in [2.05, 4.69) is 5.32 Å². The molecule has 2 aromatic carbocycles. The molecule has 1 atom stereocenters. The van der Waals surface area contributed by atoms with Crippen LogP contribution in [0, 0.1) is 12.7 Å². The molecule has 4 heteroatoms. The van der Waals surface area contributed by atoms with Crippen LogP contribution in [0.2, 0.25) is 0 Å². The van der Waals surface area contributed by atoms with Crippen LogP contribution in [-0.4, -0.2) is 16.8 Å². The quantitative estimate of drug-likeness (QED) is 0.793.